The van der Waals surface area contributed by atoms with Gasteiger partial charge in [0.2, 0.25) is 0 Å². The first-order valence-electron chi connectivity index (χ1n) is 5.81. The fourth-order valence-corrected chi connectivity index (χ4v) is 20.5. The summed E-state index contributed by atoms with van der Waals surface area (Å²) in [6, 6.07) is 0. The summed E-state index contributed by atoms with van der Waals surface area (Å²) in [7, 11) is 0. The van der Waals surface area contributed by atoms with Crippen molar-refractivity contribution >= 4 is 34.1 Å². The predicted octanol–water partition coefficient (Wildman–Crippen LogP) is 4.21. The Morgan fingerprint density at radius 2 is 0.938 bits per heavy atom. The van der Waals surface area contributed by atoms with Gasteiger partial charge >= 0.3 is 120 Å². The van der Waals surface area contributed by atoms with Gasteiger partial charge in [-0.2, -0.15) is 0 Å². The van der Waals surface area contributed by atoms with Gasteiger partial charge in [-0.1, -0.05) is 0 Å². The molecule has 0 heterocycles. The van der Waals surface area contributed by atoms with Crippen LogP contribution >= 0.6 is 0 Å². The molecule has 0 bridgehead atoms. The van der Waals surface area contributed by atoms with Gasteiger partial charge in [-0.05, 0) is 0 Å². The van der Waals surface area contributed by atoms with Gasteiger partial charge in [-0.3, -0.25) is 0 Å². The average Bonchev–Trinajstić information content (AvgIpc) is 2.08. The topological polar surface area (TPSA) is 0 Å². The molecular weight excluding hydrogens is 423 g/mol. The summed E-state index contributed by atoms with van der Waals surface area (Å²) < 4.78 is 3.51. The Morgan fingerprint density at radius 1 is 0.688 bits per heavy atom. The van der Waals surface area contributed by atoms with Crippen LogP contribution in [0.1, 0.15) is 55.4 Å². The molecule has 0 amide bonds. The Balaban J connectivity index is 4.57. The van der Waals surface area contributed by atoms with E-state index >= 15 is 0 Å². The zero-order valence-electron chi connectivity index (χ0n) is 12.0. The van der Waals surface area contributed by atoms with Crippen molar-refractivity contribution in [3.63, 3.8) is 0 Å². The molecular formula is C14H26Te2. The zero-order chi connectivity index (χ0) is 13.0. The van der Waals surface area contributed by atoms with E-state index in [0.29, 0.717) is 10.8 Å². The summed E-state index contributed by atoms with van der Waals surface area (Å²) in [4.78, 5) is 0. The van der Waals surface area contributed by atoms with Crippen molar-refractivity contribution in [3.8, 4) is 0 Å². The monoisotopic (exact) mass is 454 g/mol. The standard InChI is InChI=1S/C14H26Te2/c1-9-11(13(3,4)5)15-16-12(10-2)14(6,7)8/h9-10H,1-8H3/b11-9-,12-10-. The van der Waals surface area contributed by atoms with E-state index < -0.39 is 0 Å². The third kappa shape index (κ3) is 6.12. The molecule has 0 radical (unpaired) electrons. The molecule has 0 spiro atoms. The second kappa shape index (κ2) is 6.85. The third-order valence-corrected chi connectivity index (χ3v) is 16.8. The maximum atomic E-state index is 2.38. The van der Waals surface area contributed by atoms with E-state index in [1.807, 2.05) is 0 Å². The van der Waals surface area contributed by atoms with Gasteiger partial charge in [0.25, 0.3) is 0 Å². The van der Waals surface area contributed by atoms with Crippen molar-refractivity contribution in [2.24, 2.45) is 10.8 Å². The Bertz CT molecular complexity index is 242. The Hall–Kier alpha value is 1.06. The van der Waals surface area contributed by atoms with E-state index in [2.05, 4.69) is 67.5 Å². The molecule has 0 saturated heterocycles. The van der Waals surface area contributed by atoms with Crippen LogP contribution in [0, 0.1) is 10.8 Å². The number of allylic oxidation sites excluding steroid dienone is 4. The summed E-state index contributed by atoms with van der Waals surface area (Å²) >= 11 is 0.180. The molecule has 0 N–H and O–H groups in total. The Labute approximate surface area is 119 Å². The first kappa shape index (κ1) is 17.1. The van der Waals surface area contributed by atoms with E-state index in [1.165, 1.54) is 0 Å². The second-order valence-electron chi connectivity index (χ2n) is 5.97. The minimum atomic E-state index is 0.0899. The fraction of sp³-hybridized carbons (Fsp3) is 0.714. The second-order valence-corrected chi connectivity index (χ2v) is 15.8. The molecule has 94 valence electrons. The molecule has 0 saturated carbocycles. The number of hydrogen-bond donors (Lipinski definition) is 0. The van der Waals surface area contributed by atoms with Crippen LogP contribution in [0.4, 0.5) is 0 Å². The molecule has 0 aliphatic rings. The molecule has 2 heteroatoms. The Morgan fingerprint density at radius 3 is 1.06 bits per heavy atom. The molecule has 0 aromatic rings. The quantitative estimate of drug-likeness (QED) is 0.567. The number of rotatable bonds is 3. The van der Waals surface area contributed by atoms with Gasteiger partial charge in [-0.25, -0.2) is 0 Å². The van der Waals surface area contributed by atoms with Crippen LogP contribution in [0.2, 0.25) is 0 Å². The molecule has 0 rings (SSSR count). The van der Waals surface area contributed by atoms with Crippen LogP contribution in [-0.2, 0) is 0 Å². The van der Waals surface area contributed by atoms with Crippen LogP contribution in [0.5, 0.6) is 0 Å². The van der Waals surface area contributed by atoms with E-state index in [1.54, 1.807) is 7.24 Å². The molecule has 0 aliphatic heterocycles. The van der Waals surface area contributed by atoms with Crippen molar-refractivity contribution in [2.75, 3.05) is 0 Å². The first-order chi connectivity index (χ1) is 7.12. The van der Waals surface area contributed by atoms with Gasteiger partial charge in [-0.15, -0.1) is 0 Å². The minimum absolute atomic E-state index is 0.0899. The van der Waals surface area contributed by atoms with Crippen LogP contribution in [0.25, 0.3) is 0 Å². The van der Waals surface area contributed by atoms with E-state index in [9.17, 15) is 0 Å². The molecule has 16 heavy (non-hydrogen) atoms. The van der Waals surface area contributed by atoms with Crippen molar-refractivity contribution < 1.29 is 0 Å². The SMILES string of the molecule is C/C=C(\[Te][Te]/C(=C\C)C(C)(C)C)C(C)(C)C. The molecule has 0 aliphatic carbocycles. The predicted molar refractivity (Wildman–Crippen MR) is 77.9 cm³/mol. The molecule has 0 unspecified atom stereocenters. The average molecular weight is 450 g/mol. The first-order valence-corrected chi connectivity index (χ1v) is 15.5. The normalized spacial score (nSPS) is 15.5. The van der Waals surface area contributed by atoms with Crippen molar-refractivity contribution in [3.05, 3.63) is 19.4 Å². The van der Waals surface area contributed by atoms with Crippen LogP contribution < -0.4 is 0 Å². The van der Waals surface area contributed by atoms with Crippen molar-refractivity contribution in [1.29, 1.82) is 0 Å². The van der Waals surface area contributed by atoms with Crippen LogP contribution in [-0.4, -0.2) is 34.1 Å². The van der Waals surface area contributed by atoms with Gasteiger partial charge in [0.1, 0.15) is 0 Å². The summed E-state index contributed by atoms with van der Waals surface area (Å²) in [6.45, 7) is 18.5. The van der Waals surface area contributed by atoms with Crippen molar-refractivity contribution in [2.45, 2.75) is 55.4 Å². The molecule has 0 fully saturated rings. The van der Waals surface area contributed by atoms with Gasteiger partial charge in [0.05, 0.1) is 0 Å². The molecule has 0 aromatic heterocycles. The molecule has 0 nitrogen and oxygen atoms in total. The fourth-order valence-electron chi connectivity index (χ4n) is 1.30. The van der Waals surface area contributed by atoms with Crippen molar-refractivity contribution in [1.82, 2.24) is 0 Å². The van der Waals surface area contributed by atoms with Gasteiger partial charge < -0.3 is 0 Å². The van der Waals surface area contributed by atoms with E-state index in [-0.39, 0.29) is 34.1 Å². The Kier molecular flexibility index (Phi) is 7.30. The van der Waals surface area contributed by atoms with Crippen LogP contribution in [0.3, 0.4) is 0 Å². The summed E-state index contributed by atoms with van der Waals surface area (Å²) in [5.41, 5.74) is 0.803. The van der Waals surface area contributed by atoms with Gasteiger partial charge in [0, 0.05) is 0 Å². The van der Waals surface area contributed by atoms with Gasteiger partial charge in [0.15, 0.2) is 0 Å². The summed E-state index contributed by atoms with van der Waals surface area (Å²) in [5, 5.41) is 0. The van der Waals surface area contributed by atoms with E-state index in [0.717, 1.165) is 0 Å². The summed E-state index contributed by atoms with van der Waals surface area (Å²) in [6.07, 6.45) is 4.76. The van der Waals surface area contributed by atoms with E-state index in [4.69, 9.17) is 0 Å². The maximum absolute atomic E-state index is 2.38. The third-order valence-electron chi connectivity index (χ3n) is 2.22. The zero-order valence-corrected chi connectivity index (χ0v) is 16.6. The molecule has 0 atom stereocenters. The molecule has 0 aromatic carbocycles. The summed E-state index contributed by atoms with van der Waals surface area (Å²) in [5.74, 6) is 0. The number of hydrogen-bond acceptors (Lipinski definition) is 0. The van der Waals surface area contributed by atoms with Crippen LogP contribution in [0.15, 0.2) is 19.4 Å².